The SMILES string of the molecule is c1ccc2c(-c3ccc(N(c4ccc(-c5cccc6sc7c8ccccc8ccc7c56)cc4)c4cccc5c4oc4ccccc45)cc3)cccc2c1. The van der Waals surface area contributed by atoms with E-state index in [1.807, 2.05) is 17.4 Å². The lowest BCUT2D eigenvalue weighted by Gasteiger charge is -2.26. The standard InChI is InChI=1S/C50H31NOS/c1-3-13-38-32(10-1)12-7-16-39(38)34-22-27-36(28-23-34)51(45-19-8-18-43-42-15-5-6-20-46(42)52-49(43)45)37-29-24-35(25-30-37)40-17-9-21-47-48(40)44-31-26-33-11-2-4-14-41(33)50(44)53-47/h1-31H. The van der Waals surface area contributed by atoms with Crippen molar-refractivity contribution in [1.29, 1.82) is 0 Å². The minimum atomic E-state index is 0.873. The molecule has 0 N–H and O–H groups in total. The van der Waals surface area contributed by atoms with Gasteiger partial charge in [-0.25, -0.2) is 0 Å². The summed E-state index contributed by atoms with van der Waals surface area (Å²) in [5.41, 5.74) is 9.75. The Bertz CT molecular complexity index is 3160. The van der Waals surface area contributed by atoms with Gasteiger partial charge in [0.25, 0.3) is 0 Å². The van der Waals surface area contributed by atoms with Gasteiger partial charge < -0.3 is 9.32 Å². The van der Waals surface area contributed by atoms with E-state index in [1.54, 1.807) is 0 Å². The molecule has 2 heterocycles. The number of anilines is 3. The zero-order valence-corrected chi connectivity index (χ0v) is 29.5. The van der Waals surface area contributed by atoms with E-state index in [0.717, 1.165) is 39.0 Å². The Morgan fingerprint density at radius 2 is 0.981 bits per heavy atom. The van der Waals surface area contributed by atoms with Gasteiger partial charge in [0.05, 0.1) is 5.69 Å². The third kappa shape index (κ3) is 4.78. The third-order valence-corrected chi connectivity index (χ3v) is 11.9. The zero-order valence-electron chi connectivity index (χ0n) is 28.7. The van der Waals surface area contributed by atoms with Gasteiger partial charge in [-0.05, 0) is 86.3 Å². The Hall–Kier alpha value is -6.68. The number of furan rings is 1. The number of benzene rings is 9. The summed E-state index contributed by atoms with van der Waals surface area (Å²) < 4.78 is 9.27. The summed E-state index contributed by atoms with van der Waals surface area (Å²) in [7, 11) is 0. The normalized spacial score (nSPS) is 11.8. The molecule has 9 aromatic carbocycles. The van der Waals surface area contributed by atoms with Crippen LogP contribution in [0, 0.1) is 0 Å². The number of thiophene rings is 1. The van der Waals surface area contributed by atoms with Crippen molar-refractivity contribution < 1.29 is 4.42 Å². The zero-order chi connectivity index (χ0) is 34.9. The Balaban J connectivity index is 1.06. The number of rotatable bonds is 5. The van der Waals surface area contributed by atoms with E-state index in [9.17, 15) is 0 Å². The number of hydrogen-bond acceptors (Lipinski definition) is 3. The molecular weight excluding hydrogens is 663 g/mol. The van der Waals surface area contributed by atoms with Crippen molar-refractivity contribution in [3.8, 4) is 22.3 Å². The molecule has 0 saturated carbocycles. The smallest absolute Gasteiger partial charge is 0.159 e. The van der Waals surface area contributed by atoms with Gasteiger partial charge in [-0.2, -0.15) is 0 Å². The summed E-state index contributed by atoms with van der Waals surface area (Å²) in [5.74, 6) is 0. The van der Waals surface area contributed by atoms with E-state index in [4.69, 9.17) is 4.42 Å². The van der Waals surface area contributed by atoms with Crippen molar-refractivity contribution in [3.05, 3.63) is 188 Å². The molecule has 11 rings (SSSR count). The van der Waals surface area contributed by atoms with Crippen LogP contribution in [0.15, 0.2) is 192 Å². The fraction of sp³-hybridized carbons (Fsp3) is 0. The molecular formula is C50H31NOS. The van der Waals surface area contributed by atoms with Crippen LogP contribution < -0.4 is 4.90 Å². The topological polar surface area (TPSA) is 16.4 Å². The lowest BCUT2D eigenvalue weighted by atomic mass is 9.97. The van der Waals surface area contributed by atoms with Crippen molar-refractivity contribution >= 4 is 92.1 Å². The second kappa shape index (κ2) is 11.9. The van der Waals surface area contributed by atoms with Crippen LogP contribution in [0.25, 0.3) is 85.9 Å². The van der Waals surface area contributed by atoms with Crippen molar-refractivity contribution in [1.82, 2.24) is 0 Å². The molecule has 2 nitrogen and oxygen atoms in total. The van der Waals surface area contributed by atoms with Gasteiger partial charge in [0.2, 0.25) is 0 Å². The monoisotopic (exact) mass is 693 g/mol. The van der Waals surface area contributed by atoms with E-state index in [2.05, 4.69) is 187 Å². The predicted molar refractivity (Wildman–Crippen MR) is 227 cm³/mol. The fourth-order valence-corrected chi connectivity index (χ4v) is 9.45. The maximum atomic E-state index is 6.61. The van der Waals surface area contributed by atoms with E-state index in [-0.39, 0.29) is 0 Å². The van der Waals surface area contributed by atoms with E-state index in [1.165, 1.54) is 64.0 Å². The summed E-state index contributed by atoms with van der Waals surface area (Å²) in [6.45, 7) is 0. The number of nitrogens with zero attached hydrogens (tertiary/aromatic N) is 1. The maximum absolute atomic E-state index is 6.61. The highest BCUT2D eigenvalue weighted by Crippen LogP contribution is 2.45. The van der Waals surface area contributed by atoms with Crippen LogP contribution >= 0.6 is 11.3 Å². The Kier molecular flexibility index (Phi) is 6.76. The minimum Gasteiger partial charge on any atom is -0.454 e. The van der Waals surface area contributed by atoms with Gasteiger partial charge in [-0.15, -0.1) is 11.3 Å². The summed E-state index contributed by atoms with van der Waals surface area (Å²) in [4.78, 5) is 2.33. The van der Waals surface area contributed by atoms with Crippen LogP contribution in [0.1, 0.15) is 0 Å². The molecule has 11 aromatic rings. The highest BCUT2D eigenvalue weighted by molar-refractivity contribution is 7.26. The molecule has 0 aliphatic rings. The molecule has 0 spiro atoms. The number of hydrogen-bond donors (Lipinski definition) is 0. The quantitative estimate of drug-likeness (QED) is 0.178. The van der Waals surface area contributed by atoms with Gasteiger partial charge in [-0.1, -0.05) is 146 Å². The fourth-order valence-electron chi connectivity index (χ4n) is 8.19. The highest BCUT2D eigenvalue weighted by Gasteiger charge is 2.20. The van der Waals surface area contributed by atoms with Gasteiger partial charge in [-0.3, -0.25) is 0 Å². The first-order valence-corrected chi connectivity index (χ1v) is 18.8. The molecule has 53 heavy (non-hydrogen) atoms. The molecule has 0 atom stereocenters. The van der Waals surface area contributed by atoms with Crippen LogP contribution in [0.4, 0.5) is 17.1 Å². The van der Waals surface area contributed by atoms with Crippen LogP contribution in [-0.4, -0.2) is 0 Å². The molecule has 0 saturated heterocycles. The van der Waals surface area contributed by atoms with Crippen molar-refractivity contribution in [2.45, 2.75) is 0 Å². The first-order chi connectivity index (χ1) is 26.3. The second-order valence-corrected chi connectivity index (χ2v) is 14.7. The first kappa shape index (κ1) is 30.0. The number of para-hydroxylation sites is 2. The number of fused-ring (bicyclic) bond motifs is 9. The highest BCUT2D eigenvalue weighted by atomic mass is 32.1. The maximum Gasteiger partial charge on any atom is 0.159 e. The molecule has 0 bridgehead atoms. The molecule has 248 valence electrons. The Morgan fingerprint density at radius 1 is 0.396 bits per heavy atom. The molecule has 0 aliphatic carbocycles. The summed E-state index contributed by atoms with van der Waals surface area (Å²) >= 11 is 1.89. The average Bonchev–Trinajstić information content (AvgIpc) is 3.81. The van der Waals surface area contributed by atoms with E-state index >= 15 is 0 Å². The van der Waals surface area contributed by atoms with Gasteiger partial charge in [0.1, 0.15) is 5.58 Å². The third-order valence-electron chi connectivity index (χ3n) is 10.7. The first-order valence-electron chi connectivity index (χ1n) is 18.0. The Morgan fingerprint density at radius 3 is 1.77 bits per heavy atom. The second-order valence-electron chi connectivity index (χ2n) is 13.7. The molecule has 0 aliphatic heterocycles. The van der Waals surface area contributed by atoms with Crippen LogP contribution in [0.3, 0.4) is 0 Å². The van der Waals surface area contributed by atoms with Crippen molar-refractivity contribution in [2.75, 3.05) is 4.90 Å². The Labute approximate surface area is 310 Å². The predicted octanol–water partition coefficient (Wildman–Crippen LogP) is 15.1. The van der Waals surface area contributed by atoms with Crippen molar-refractivity contribution in [3.63, 3.8) is 0 Å². The van der Waals surface area contributed by atoms with Crippen molar-refractivity contribution in [2.24, 2.45) is 0 Å². The lowest BCUT2D eigenvalue weighted by Crippen LogP contribution is -2.10. The molecule has 3 heteroatoms. The largest absolute Gasteiger partial charge is 0.454 e. The van der Waals surface area contributed by atoms with Crippen LogP contribution in [0.2, 0.25) is 0 Å². The van der Waals surface area contributed by atoms with Crippen LogP contribution in [-0.2, 0) is 0 Å². The summed E-state index contributed by atoms with van der Waals surface area (Å²) in [6.07, 6.45) is 0. The molecule has 0 amide bonds. The van der Waals surface area contributed by atoms with E-state index < -0.39 is 0 Å². The van der Waals surface area contributed by atoms with E-state index in [0.29, 0.717) is 0 Å². The molecule has 2 aromatic heterocycles. The lowest BCUT2D eigenvalue weighted by molar-refractivity contribution is 0.669. The minimum absolute atomic E-state index is 0.873. The summed E-state index contributed by atoms with van der Waals surface area (Å²) in [5, 5.41) is 9.95. The van der Waals surface area contributed by atoms with Gasteiger partial charge in [0, 0.05) is 42.3 Å². The van der Waals surface area contributed by atoms with Gasteiger partial charge in [0.15, 0.2) is 5.58 Å². The molecule has 0 radical (unpaired) electrons. The molecule has 0 fully saturated rings. The van der Waals surface area contributed by atoms with Gasteiger partial charge >= 0.3 is 0 Å². The molecule has 0 unspecified atom stereocenters. The van der Waals surface area contributed by atoms with Crippen LogP contribution in [0.5, 0.6) is 0 Å². The average molecular weight is 694 g/mol. The summed E-state index contributed by atoms with van der Waals surface area (Å²) in [6, 6.07) is 67.8.